The third-order valence-corrected chi connectivity index (χ3v) is 3.55. The number of carbonyl (C=O) groups excluding carboxylic acids is 1. The SMILES string of the molecule is COc1cc(C)nc2nc(=NC(=O)c3cccnc3)sn12. The monoisotopic (exact) mass is 301 g/mol. The van der Waals surface area contributed by atoms with Gasteiger partial charge in [-0.15, -0.1) is 0 Å². The molecule has 0 unspecified atom stereocenters. The first-order valence-electron chi connectivity index (χ1n) is 6.08. The van der Waals surface area contributed by atoms with Crippen LogP contribution < -0.4 is 9.54 Å². The molecule has 0 saturated heterocycles. The van der Waals surface area contributed by atoms with Crippen molar-refractivity contribution in [2.45, 2.75) is 6.92 Å². The highest BCUT2D eigenvalue weighted by Gasteiger charge is 2.09. The average molecular weight is 301 g/mol. The Kier molecular flexibility index (Phi) is 3.44. The highest BCUT2D eigenvalue weighted by molar-refractivity contribution is 7.03. The van der Waals surface area contributed by atoms with Crippen LogP contribution in [-0.4, -0.2) is 31.8 Å². The van der Waals surface area contributed by atoms with Gasteiger partial charge in [0.05, 0.1) is 12.7 Å². The predicted octanol–water partition coefficient (Wildman–Crippen LogP) is 1.24. The van der Waals surface area contributed by atoms with Crippen molar-refractivity contribution in [2.75, 3.05) is 7.11 Å². The van der Waals surface area contributed by atoms with E-state index in [1.807, 2.05) is 6.92 Å². The van der Waals surface area contributed by atoms with Crippen LogP contribution in [0.5, 0.6) is 5.88 Å². The van der Waals surface area contributed by atoms with Crippen molar-refractivity contribution in [3.8, 4) is 5.88 Å². The van der Waals surface area contributed by atoms with E-state index >= 15 is 0 Å². The summed E-state index contributed by atoms with van der Waals surface area (Å²) in [6.07, 6.45) is 3.07. The Morgan fingerprint density at radius 3 is 3.00 bits per heavy atom. The number of ether oxygens (including phenoxy) is 1. The van der Waals surface area contributed by atoms with Crippen molar-refractivity contribution < 1.29 is 9.53 Å². The third kappa shape index (κ3) is 2.65. The van der Waals surface area contributed by atoms with Crippen molar-refractivity contribution in [3.63, 3.8) is 0 Å². The Labute approximate surface area is 123 Å². The van der Waals surface area contributed by atoms with Gasteiger partial charge in [0, 0.05) is 24.2 Å². The molecule has 0 saturated carbocycles. The lowest BCUT2D eigenvalue weighted by atomic mass is 10.3. The molecule has 3 heterocycles. The van der Waals surface area contributed by atoms with Crippen LogP contribution in [-0.2, 0) is 0 Å². The Morgan fingerprint density at radius 1 is 1.43 bits per heavy atom. The molecule has 0 bridgehead atoms. The fourth-order valence-electron chi connectivity index (χ4n) is 1.74. The van der Waals surface area contributed by atoms with Gasteiger partial charge >= 0.3 is 0 Å². The zero-order valence-corrected chi connectivity index (χ0v) is 12.2. The zero-order chi connectivity index (χ0) is 14.8. The van der Waals surface area contributed by atoms with Crippen LogP contribution in [0.1, 0.15) is 16.1 Å². The summed E-state index contributed by atoms with van der Waals surface area (Å²) < 4.78 is 6.95. The Balaban J connectivity index is 2.09. The minimum absolute atomic E-state index is 0.320. The molecule has 106 valence electrons. The van der Waals surface area contributed by atoms with Crippen molar-refractivity contribution in [1.29, 1.82) is 0 Å². The van der Waals surface area contributed by atoms with E-state index in [-0.39, 0.29) is 0 Å². The van der Waals surface area contributed by atoms with Gasteiger partial charge in [-0.05, 0) is 30.6 Å². The number of hydrogen-bond donors (Lipinski definition) is 0. The molecule has 8 heteroatoms. The first-order valence-corrected chi connectivity index (χ1v) is 6.85. The second kappa shape index (κ2) is 5.41. The molecule has 7 nitrogen and oxygen atoms in total. The maximum Gasteiger partial charge on any atom is 0.281 e. The lowest BCUT2D eigenvalue weighted by molar-refractivity contribution is 0.0998. The Hall–Kier alpha value is -2.61. The van der Waals surface area contributed by atoms with Crippen molar-refractivity contribution >= 4 is 23.2 Å². The molecule has 0 fully saturated rings. The number of nitrogens with zero attached hydrogens (tertiary/aromatic N) is 5. The number of methoxy groups -OCH3 is 1. The van der Waals surface area contributed by atoms with E-state index < -0.39 is 5.91 Å². The number of pyridine rings is 1. The Morgan fingerprint density at radius 2 is 2.29 bits per heavy atom. The second-order valence-corrected chi connectivity index (χ2v) is 5.09. The van der Waals surface area contributed by atoms with Crippen LogP contribution >= 0.6 is 11.5 Å². The van der Waals surface area contributed by atoms with E-state index in [2.05, 4.69) is 19.9 Å². The summed E-state index contributed by atoms with van der Waals surface area (Å²) in [6, 6.07) is 5.13. The van der Waals surface area contributed by atoms with Crippen LogP contribution in [0.3, 0.4) is 0 Å². The third-order valence-electron chi connectivity index (χ3n) is 2.67. The summed E-state index contributed by atoms with van der Waals surface area (Å²) in [5.41, 5.74) is 1.19. The maximum absolute atomic E-state index is 12.0. The van der Waals surface area contributed by atoms with Gasteiger partial charge in [-0.1, -0.05) is 0 Å². The number of hydrogen-bond acceptors (Lipinski definition) is 6. The molecule has 0 N–H and O–H groups in total. The predicted molar refractivity (Wildman–Crippen MR) is 76.3 cm³/mol. The number of rotatable bonds is 2. The molecule has 3 aromatic rings. The molecule has 0 radical (unpaired) electrons. The number of amides is 1. The lowest BCUT2D eigenvalue weighted by Crippen LogP contribution is -2.05. The van der Waals surface area contributed by atoms with Crippen LogP contribution in [0.15, 0.2) is 35.6 Å². The van der Waals surface area contributed by atoms with Gasteiger partial charge in [-0.2, -0.15) is 13.8 Å². The Bertz CT molecular complexity index is 869. The lowest BCUT2D eigenvalue weighted by Gasteiger charge is -2.01. The number of carbonyl (C=O) groups is 1. The summed E-state index contributed by atoms with van der Waals surface area (Å²) in [6.45, 7) is 1.85. The van der Waals surface area contributed by atoms with Crippen LogP contribution in [0.2, 0.25) is 0 Å². The second-order valence-electron chi connectivity index (χ2n) is 4.18. The van der Waals surface area contributed by atoms with Gasteiger partial charge < -0.3 is 4.74 Å². The summed E-state index contributed by atoms with van der Waals surface area (Å²) in [7, 11) is 1.57. The topological polar surface area (TPSA) is 81.7 Å². The summed E-state index contributed by atoms with van der Waals surface area (Å²) in [5, 5.41) is 0. The molecule has 0 aromatic carbocycles. The van der Waals surface area contributed by atoms with Gasteiger partial charge in [-0.25, -0.2) is 4.98 Å². The van der Waals surface area contributed by atoms with E-state index in [9.17, 15) is 4.79 Å². The van der Waals surface area contributed by atoms with Crippen LogP contribution in [0, 0.1) is 6.92 Å². The molecule has 0 spiro atoms. The van der Waals surface area contributed by atoms with Gasteiger partial charge in [0.1, 0.15) is 0 Å². The van der Waals surface area contributed by atoms with E-state index in [4.69, 9.17) is 4.74 Å². The molecular formula is C13H11N5O2S. The van der Waals surface area contributed by atoms with Gasteiger partial charge in [-0.3, -0.25) is 9.78 Å². The standard InChI is InChI=1S/C13H11N5O2S/c1-8-6-10(20-2)18-12(15-8)17-13(21-18)16-11(19)9-4-3-5-14-7-9/h3-7H,1-2H3. The first kappa shape index (κ1) is 13.4. The van der Waals surface area contributed by atoms with E-state index in [1.54, 1.807) is 35.3 Å². The first-order chi connectivity index (χ1) is 10.2. The highest BCUT2D eigenvalue weighted by Crippen LogP contribution is 2.14. The number of fused-ring (bicyclic) bond motifs is 1. The molecule has 0 atom stereocenters. The van der Waals surface area contributed by atoms with Gasteiger partial charge in [0.2, 0.25) is 16.5 Å². The fourth-order valence-corrected chi connectivity index (χ4v) is 2.53. The minimum Gasteiger partial charge on any atom is -0.481 e. The largest absolute Gasteiger partial charge is 0.481 e. The average Bonchev–Trinajstić information content (AvgIpc) is 2.89. The molecule has 0 aliphatic rings. The van der Waals surface area contributed by atoms with E-state index in [1.165, 1.54) is 17.7 Å². The van der Waals surface area contributed by atoms with Crippen LogP contribution in [0.25, 0.3) is 5.78 Å². The summed E-state index contributed by atoms with van der Waals surface area (Å²) >= 11 is 1.19. The zero-order valence-electron chi connectivity index (χ0n) is 11.3. The molecule has 0 aliphatic heterocycles. The smallest absolute Gasteiger partial charge is 0.281 e. The number of aromatic nitrogens is 4. The van der Waals surface area contributed by atoms with Crippen molar-refractivity contribution in [2.24, 2.45) is 4.99 Å². The fraction of sp³-hybridized carbons (Fsp3) is 0.154. The summed E-state index contributed by atoms with van der Waals surface area (Å²) in [4.78, 5) is 28.7. The normalized spacial score (nSPS) is 11.8. The molecular weight excluding hydrogens is 290 g/mol. The van der Waals surface area contributed by atoms with Gasteiger partial charge in [0.25, 0.3) is 5.91 Å². The minimum atomic E-state index is -0.390. The molecule has 3 aromatic heterocycles. The van der Waals surface area contributed by atoms with Crippen molar-refractivity contribution in [1.82, 2.24) is 18.7 Å². The quantitative estimate of drug-likeness (QED) is 0.711. The van der Waals surface area contributed by atoms with Crippen LogP contribution in [0.4, 0.5) is 0 Å². The molecule has 1 amide bonds. The highest BCUT2D eigenvalue weighted by atomic mass is 32.1. The maximum atomic E-state index is 12.0. The van der Waals surface area contributed by atoms with E-state index in [0.29, 0.717) is 22.0 Å². The van der Waals surface area contributed by atoms with Crippen molar-refractivity contribution in [3.05, 3.63) is 46.7 Å². The van der Waals surface area contributed by atoms with E-state index in [0.717, 1.165) is 5.69 Å². The molecule has 0 aliphatic carbocycles. The summed E-state index contributed by atoms with van der Waals surface area (Å²) in [5.74, 6) is 0.665. The number of aryl methyl sites for hydroxylation is 1. The van der Waals surface area contributed by atoms with Gasteiger partial charge in [0.15, 0.2) is 0 Å². The molecule has 3 rings (SSSR count). The molecule has 21 heavy (non-hydrogen) atoms.